The van der Waals surface area contributed by atoms with Gasteiger partial charge in [-0.3, -0.25) is 0 Å². The summed E-state index contributed by atoms with van der Waals surface area (Å²) in [5.41, 5.74) is 4.37. The van der Waals surface area contributed by atoms with Crippen LogP contribution in [-0.4, -0.2) is 16.3 Å². The van der Waals surface area contributed by atoms with Crippen molar-refractivity contribution in [3.63, 3.8) is 0 Å². The molecule has 0 amide bonds. The first-order valence-electron chi connectivity index (χ1n) is 8.49. The van der Waals surface area contributed by atoms with Crippen LogP contribution in [0.4, 0.5) is 5.82 Å². The fraction of sp³-hybridized carbons (Fsp3) is 0.200. The standard InChI is InChI=1S/C20H16Cl2N4/c21-14-6-9-18(22)17(11-14)19-16-3-1-2-10-24-20(16)26(25-19)15-7-4-13(12-23)5-8-15/h4-9,11,24H,1-3,10H2. The highest BCUT2D eigenvalue weighted by Crippen LogP contribution is 2.38. The quantitative estimate of drug-likeness (QED) is 0.639. The van der Waals surface area contributed by atoms with E-state index in [1.807, 2.05) is 22.9 Å². The highest BCUT2D eigenvalue weighted by molar-refractivity contribution is 6.35. The zero-order valence-electron chi connectivity index (χ0n) is 14.0. The van der Waals surface area contributed by atoms with Gasteiger partial charge < -0.3 is 5.32 Å². The Morgan fingerprint density at radius 2 is 1.88 bits per heavy atom. The van der Waals surface area contributed by atoms with E-state index in [-0.39, 0.29) is 0 Å². The SMILES string of the molecule is N#Cc1ccc(-n2nc(-c3cc(Cl)ccc3Cl)c3c2NCCCC3)cc1. The maximum Gasteiger partial charge on any atom is 0.133 e. The molecule has 0 saturated carbocycles. The van der Waals surface area contributed by atoms with Gasteiger partial charge in [0, 0.05) is 22.7 Å². The van der Waals surface area contributed by atoms with Gasteiger partial charge in [-0.05, 0) is 61.7 Å². The molecule has 0 bridgehead atoms. The molecular weight excluding hydrogens is 367 g/mol. The minimum Gasteiger partial charge on any atom is -0.370 e. The lowest BCUT2D eigenvalue weighted by atomic mass is 10.0. The van der Waals surface area contributed by atoms with E-state index in [1.165, 1.54) is 0 Å². The third kappa shape index (κ3) is 3.05. The molecule has 130 valence electrons. The third-order valence-electron chi connectivity index (χ3n) is 4.55. The maximum atomic E-state index is 9.03. The Balaban J connectivity index is 1.91. The molecule has 0 fully saturated rings. The van der Waals surface area contributed by atoms with Crippen molar-refractivity contribution in [3.8, 4) is 23.0 Å². The van der Waals surface area contributed by atoms with Gasteiger partial charge in [0.15, 0.2) is 0 Å². The molecule has 2 heterocycles. The van der Waals surface area contributed by atoms with Gasteiger partial charge in [-0.1, -0.05) is 23.2 Å². The lowest BCUT2D eigenvalue weighted by Crippen LogP contribution is -2.07. The summed E-state index contributed by atoms with van der Waals surface area (Å²) in [6.45, 7) is 0.900. The van der Waals surface area contributed by atoms with Gasteiger partial charge in [0.25, 0.3) is 0 Å². The molecule has 6 heteroatoms. The van der Waals surface area contributed by atoms with Gasteiger partial charge in [0.1, 0.15) is 5.82 Å². The summed E-state index contributed by atoms with van der Waals surface area (Å²) in [5.74, 6) is 0.984. The molecule has 0 aliphatic carbocycles. The second kappa shape index (κ2) is 7.03. The summed E-state index contributed by atoms with van der Waals surface area (Å²) < 4.78 is 1.90. The summed E-state index contributed by atoms with van der Waals surface area (Å²) in [7, 11) is 0. The van der Waals surface area contributed by atoms with Crippen molar-refractivity contribution < 1.29 is 0 Å². The zero-order chi connectivity index (χ0) is 18.1. The second-order valence-corrected chi connectivity index (χ2v) is 7.10. The first-order valence-corrected chi connectivity index (χ1v) is 9.24. The lowest BCUT2D eigenvalue weighted by Gasteiger charge is -2.09. The Bertz CT molecular complexity index is 1000. The lowest BCUT2D eigenvalue weighted by molar-refractivity contribution is 0.780. The number of hydrogen-bond donors (Lipinski definition) is 1. The molecule has 0 unspecified atom stereocenters. The number of hydrogen-bond acceptors (Lipinski definition) is 3. The van der Waals surface area contributed by atoms with E-state index < -0.39 is 0 Å². The van der Waals surface area contributed by atoms with E-state index >= 15 is 0 Å². The largest absolute Gasteiger partial charge is 0.370 e. The maximum absolute atomic E-state index is 9.03. The first-order chi connectivity index (χ1) is 12.7. The van der Waals surface area contributed by atoms with E-state index in [4.69, 9.17) is 33.6 Å². The molecule has 0 radical (unpaired) electrons. The van der Waals surface area contributed by atoms with Crippen LogP contribution in [0.15, 0.2) is 42.5 Å². The van der Waals surface area contributed by atoms with Crippen LogP contribution in [0.5, 0.6) is 0 Å². The molecule has 2 aromatic carbocycles. The predicted molar refractivity (Wildman–Crippen MR) is 105 cm³/mol. The summed E-state index contributed by atoms with van der Waals surface area (Å²) >= 11 is 12.6. The molecule has 1 aliphatic rings. The number of anilines is 1. The van der Waals surface area contributed by atoms with E-state index in [9.17, 15) is 0 Å². The Kier molecular flexibility index (Phi) is 4.58. The highest BCUT2D eigenvalue weighted by atomic mass is 35.5. The topological polar surface area (TPSA) is 53.6 Å². The Morgan fingerprint density at radius 3 is 2.65 bits per heavy atom. The van der Waals surface area contributed by atoms with Crippen LogP contribution in [0.1, 0.15) is 24.0 Å². The summed E-state index contributed by atoms with van der Waals surface area (Å²) in [6.07, 6.45) is 3.12. The molecule has 1 aliphatic heterocycles. The summed E-state index contributed by atoms with van der Waals surface area (Å²) in [6, 6.07) is 15.0. The van der Waals surface area contributed by atoms with Crippen molar-refractivity contribution in [2.24, 2.45) is 0 Å². The number of fused-ring (bicyclic) bond motifs is 1. The normalized spacial score (nSPS) is 13.4. The van der Waals surface area contributed by atoms with Gasteiger partial charge in [-0.15, -0.1) is 0 Å². The fourth-order valence-corrected chi connectivity index (χ4v) is 3.64. The molecule has 0 spiro atoms. The van der Waals surface area contributed by atoms with Gasteiger partial charge in [-0.2, -0.15) is 10.4 Å². The number of rotatable bonds is 2. The number of halogens is 2. The minimum atomic E-state index is 0.623. The Labute approximate surface area is 162 Å². The fourth-order valence-electron chi connectivity index (χ4n) is 3.26. The Hall–Kier alpha value is -2.48. The van der Waals surface area contributed by atoms with Crippen molar-refractivity contribution in [2.45, 2.75) is 19.3 Å². The van der Waals surface area contributed by atoms with Crippen molar-refractivity contribution in [1.82, 2.24) is 9.78 Å². The third-order valence-corrected chi connectivity index (χ3v) is 5.12. The molecule has 4 rings (SSSR count). The molecule has 0 saturated heterocycles. The predicted octanol–water partition coefficient (Wildman–Crippen LogP) is 5.47. The van der Waals surface area contributed by atoms with E-state index in [0.29, 0.717) is 15.6 Å². The second-order valence-electron chi connectivity index (χ2n) is 6.25. The van der Waals surface area contributed by atoms with Crippen LogP contribution >= 0.6 is 23.2 Å². The monoisotopic (exact) mass is 382 g/mol. The van der Waals surface area contributed by atoms with Crippen LogP contribution in [-0.2, 0) is 6.42 Å². The first kappa shape index (κ1) is 17.0. The molecule has 1 aromatic heterocycles. The van der Waals surface area contributed by atoms with Gasteiger partial charge in [0.2, 0.25) is 0 Å². The van der Waals surface area contributed by atoms with Crippen LogP contribution in [0, 0.1) is 11.3 Å². The van der Waals surface area contributed by atoms with Crippen molar-refractivity contribution in [3.05, 3.63) is 63.6 Å². The van der Waals surface area contributed by atoms with E-state index in [1.54, 1.807) is 24.3 Å². The molecule has 3 aromatic rings. The number of benzene rings is 2. The number of nitrogens with zero attached hydrogens (tertiary/aromatic N) is 3. The average Bonchev–Trinajstić information content (AvgIpc) is 2.85. The smallest absolute Gasteiger partial charge is 0.133 e. The summed E-state index contributed by atoms with van der Waals surface area (Å²) in [5, 5.41) is 18.7. The van der Waals surface area contributed by atoms with Crippen molar-refractivity contribution >= 4 is 29.0 Å². The zero-order valence-corrected chi connectivity index (χ0v) is 15.5. The number of nitriles is 1. The minimum absolute atomic E-state index is 0.623. The van der Waals surface area contributed by atoms with Crippen molar-refractivity contribution in [2.75, 3.05) is 11.9 Å². The molecule has 26 heavy (non-hydrogen) atoms. The molecule has 0 atom stereocenters. The number of aromatic nitrogens is 2. The van der Waals surface area contributed by atoms with Gasteiger partial charge in [-0.25, -0.2) is 4.68 Å². The van der Waals surface area contributed by atoms with Gasteiger partial charge in [0.05, 0.1) is 28.0 Å². The van der Waals surface area contributed by atoms with Crippen LogP contribution < -0.4 is 5.32 Å². The summed E-state index contributed by atoms with van der Waals surface area (Å²) in [4.78, 5) is 0. The molecule has 4 nitrogen and oxygen atoms in total. The molecular formula is C20H16Cl2N4. The molecule has 1 N–H and O–H groups in total. The van der Waals surface area contributed by atoms with Gasteiger partial charge >= 0.3 is 0 Å². The Morgan fingerprint density at radius 1 is 1.08 bits per heavy atom. The average molecular weight is 383 g/mol. The van der Waals surface area contributed by atoms with Crippen LogP contribution in [0.2, 0.25) is 10.0 Å². The van der Waals surface area contributed by atoms with Crippen molar-refractivity contribution in [1.29, 1.82) is 5.26 Å². The van der Waals surface area contributed by atoms with E-state index in [0.717, 1.165) is 54.1 Å². The highest BCUT2D eigenvalue weighted by Gasteiger charge is 2.23. The van der Waals surface area contributed by atoms with E-state index in [2.05, 4.69) is 11.4 Å². The van der Waals surface area contributed by atoms with Crippen LogP contribution in [0.3, 0.4) is 0 Å². The van der Waals surface area contributed by atoms with Crippen LogP contribution in [0.25, 0.3) is 16.9 Å². The number of nitrogens with one attached hydrogen (secondary N) is 1.